The first kappa shape index (κ1) is 7.50. The Balaban J connectivity index is 2.13. The van der Waals surface area contributed by atoms with Crippen molar-refractivity contribution >= 4 is 0 Å². The highest BCUT2D eigenvalue weighted by atomic mass is 19.1. The summed E-state index contributed by atoms with van der Waals surface area (Å²) >= 11 is 0. The molecule has 0 spiro atoms. The second kappa shape index (κ2) is 2.17. The van der Waals surface area contributed by atoms with Crippen molar-refractivity contribution < 1.29 is 9.13 Å². The SMILES string of the molecule is CC1CC2(F)CN(C)CC2O1. The fraction of sp³-hybridized carbons (Fsp3) is 1.00. The minimum absolute atomic E-state index is 0.110. The van der Waals surface area contributed by atoms with E-state index in [0.29, 0.717) is 13.0 Å². The molecular weight excluding hydrogens is 145 g/mol. The summed E-state index contributed by atoms with van der Waals surface area (Å²) in [5, 5.41) is 0. The zero-order chi connectivity index (χ0) is 8.06. The van der Waals surface area contributed by atoms with Gasteiger partial charge in [-0.05, 0) is 14.0 Å². The largest absolute Gasteiger partial charge is 0.370 e. The Hall–Kier alpha value is -0.150. The topological polar surface area (TPSA) is 12.5 Å². The number of hydrogen-bond acceptors (Lipinski definition) is 2. The third-order valence-electron chi connectivity index (χ3n) is 2.61. The number of likely N-dealkylation sites (tertiary alicyclic amines) is 1. The molecule has 2 rings (SSSR count). The molecule has 64 valence electrons. The monoisotopic (exact) mass is 159 g/mol. The van der Waals surface area contributed by atoms with Crippen molar-refractivity contribution in [2.24, 2.45) is 0 Å². The van der Waals surface area contributed by atoms with Crippen LogP contribution in [0, 0.1) is 0 Å². The van der Waals surface area contributed by atoms with Crippen molar-refractivity contribution in [2.75, 3.05) is 20.1 Å². The molecule has 0 aromatic heterocycles. The van der Waals surface area contributed by atoms with Gasteiger partial charge < -0.3 is 9.64 Å². The molecule has 0 radical (unpaired) electrons. The second-order valence-corrected chi connectivity index (χ2v) is 3.87. The number of fused-ring (bicyclic) bond motifs is 1. The van der Waals surface area contributed by atoms with Crippen molar-refractivity contribution in [1.82, 2.24) is 4.90 Å². The van der Waals surface area contributed by atoms with Gasteiger partial charge in [-0.15, -0.1) is 0 Å². The van der Waals surface area contributed by atoms with E-state index in [-0.39, 0.29) is 12.2 Å². The summed E-state index contributed by atoms with van der Waals surface area (Å²) in [7, 11) is 1.94. The molecule has 2 aliphatic rings. The van der Waals surface area contributed by atoms with Crippen molar-refractivity contribution in [1.29, 1.82) is 0 Å². The third kappa shape index (κ3) is 1.07. The maximum absolute atomic E-state index is 13.8. The number of ether oxygens (including phenoxy) is 1. The number of alkyl halides is 1. The van der Waals surface area contributed by atoms with Gasteiger partial charge in [-0.2, -0.15) is 0 Å². The summed E-state index contributed by atoms with van der Waals surface area (Å²) in [5.74, 6) is 0. The van der Waals surface area contributed by atoms with Crippen molar-refractivity contribution in [2.45, 2.75) is 31.2 Å². The van der Waals surface area contributed by atoms with Crippen LogP contribution >= 0.6 is 0 Å². The minimum Gasteiger partial charge on any atom is -0.370 e. The molecule has 0 N–H and O–H groups in total. The van der Waals surface area contributed by atoms with E-state index in [1.165, 1.54) is 0 Å². The average Bonchev–Trinajstić information content (AvgIpc) is 2.16. The molecule has 0 bridgehead atoms. The Labute approximate surface area is 66.3 Å². The molecular formula is C8H14FNO. The normalized spacial score (nSPS) is 51.5. The lowest BCUT2D eigenvalue weighted by atomic mass is 10.00. The number of hydrogen-bond donors (Lipinski definition) is 0. The quantitative estimate of drug-likeness (QED) is 0.519. The molecule has 11 heavy (non-hydrogen) atoms. The lowest BCUT2D eigenvalue weighted by molar-refractivity contribution is 0.0287. The van der Waals surface area contributed by atoms with Crippen LogP contribution in [0.5, 0.6) is 0 Å². The van der Waals surface area contributed by atoms with E-state index in [4.69, 9.17) is 4.74 Å². The zero-order valence-corrected chi connectivity index (χ0v) is 7.01. The Morgan fingerprint density at radius 1 is 1.64 bits per heavy atom. The molecule has 0 saturated carbocycles. The summed E-state index contributed by atoms with van der Waals surface area (Å²) < 4.78 is 19.3. The molecule has 2 nitrogen and oxygen atoms in total. The maximum atomic E-state index is 13.8. The van der Waals surface area contributed by atoms with Crippen LogP contribution in [-0.2, 0) is 4.74 Å². The summed E-state index contributed by atoms with van der Waals surface area (Å²) in [4.78, 5) is 2.00. The van der Waals surface area contributed by atoms with E-state index in [1.54, 1.807) is 0 Å². The lowest BCUT2D eigenvalue weighted by Crippen LogP contribution is -2.31. The van der Waals surface area contributed by atoms with Gasteiger partial charge in [0.25, 0.3) is 0 Å². The van der Waals surface area contributed by atoms with Crippen LogP contribution in [-0.4, -0.2) is 42.9 Å². The highest BCUT2D eigenvalue weighted by Gasteiger charge is 2.52. The molecule has 3 unspecified atom stereocenters. The number of rotatable bonds is 0. The van der Waals surface area contributed by atoms with Gasteiger partial charge in [0.05, 0.1) is 6.10 Å². The highest BCUT2D eigenvalue weighted by Crippen LogP contribution is 2.39. The molecule has 2 aliphatic heterocycles. The summed E-state index contributed by atoms with van der Waals surface area (Å²) in [6, 6.07) is 0. The van der Waals surface area contributed by atoms with Crippen LogP contribution in [0.4, 0.5) is 4.39 Å². The fourth-order valence-electron chi connectivity index (χ4n) is 2.23. The molecule has 3 atom stereocenters. The van der Waals surface area contributed by atoms with Gasteiger partial charge in [0.1, 0.15) is 6.10 Å². The minimum atomic E-state index is -1.05. The van der Waals surface area contributed by atoms with Crippen LogP contribution in [0.2, 0.25) is 0 Å². The predicted octanol–water partition coefficient (Wildman–Crippen LogP) is 0.818. The average molecular weight is 159 g/mol. The Bertz CT molecular complexity index is 159. The molecule has 0 aliphatic carbocycles. The fourth-order valence-corrected chi connectivity index (χ4v) is 2.23. The number of halogens is 1. The molecule has 2 heterocycles. The number of likely N-dealkylation sites (N-methyl/N-ethyl adjacent to an activating group) is 1. The molecule has 3 heteroatoms. The zero-order valence-electron chi connectivity index (χ0n) is 7.01. The van der Waals surface area contributed by atoms with E-state index in [0.717, 1.165) is 6.54 Å². The van der Waals surface area contributed by atoms with E-state index in [9.17, 15) is 4.39 Å². The first-order valence-electron chi connectivity index (χ1n) is 4.13. The molecule has 0 aromatic carbocycles. The van der Waals surface area contributed by atoms with E-state index in [2.05, 4.69) is 0 Å². The van der Waals surface area contributed by atoms with Gasteiger partial charge in [0, 0.05) is 19.5 Å². The van der Waals surface area contributed by atoms with Crippen molar-refractivity contribution in [3.8, 4) is 0 Å². The van der Waals surface area contributed by atoms with Crippen LogP contribution < -0.4 is 0 Å². The van der Waals surface area contributed by atoms with Gasteiger partial charge in [-0.25, -0.2) is 4.39 Å². The highest BCUT2D eigenvalue weighted by molar-refractivity contribution is 5.03. The summed E-state index contributed by atoms with van der Waals surface area (Å²) in [6.45, 7) is 3.24. The molecule has 2 fully saturated rings. The van der Waals surface area contributed by atoms with Crippen LogP contribution in [0.15, 0.2) is 0 Å². The predicted molar refractivity (Wildman–Crippen MR) is 40.3 cm³/mol. The van der Waals surface area contributed by atoms with Gasteiger partial charge in [-0.3, -0.25) is 0 Å². The van der Waals surface area contributed by atoms with Gasteiger partial charge >= 0.3 is 0 Å². The van der Waals surface area contributed by atoms with E-state index < -0.39 is 5.67 Å². The Morgan fingerprint density at radius 2 is 2.36 bits per heavy atom. The Kier molecular flexibility index (Phi) is 1.48. The first-order chi connectivity index (χ1) is 5.10. The van der Waals surface area contributed by atoms with Gasteiger partial charge in [0.2, 0.25) is 0 Å². The van der Waals surface area contributed by atoms with Gasteiger partial charge in [-0.1, -0.05) is 0 Å². The van der Waals surface area contributed by atoms with Crippen molar-refractivity contribution in [3.05, 3.63) is 0 Å². The summed E-state index contributed by atoms with van der Waals surface area (Å²) in [5.41, 5.74) is -1.05. The van der Waals surface area contributed by atoms with Crippen LogP contribution in [0.1, 0.15) is 13.3 Å². The number of nitrogens with zero attached hydrogens (tertiary/aromatic N) is 1. The molecule has 2 saturated heterocycles. The Morgan fingerprint density at radius 3 is 3.00 bits per heavy atom. The van der Waals surface area contributed by atoms with Gasteiger partial charge in [0.15, 0.2) is 5.67 Å². The van der Waals surface area contributed by atoms with Crippen LogP contribution in [0.3, 0.4) is 0 Å². The lowest BCUT2D eigenvalue weighted by Gasteiger charge is -2.15. The van der Waals surface area contributed by atoms with E-state index >= 15 is 0 Å². The third-order valence-corrected chi connectivity index (χ3v) is 2.61. The standard InChI is InChI=1S/C8H14FNO/c1-6-3-8(9)5-10(2)4-7(8)11-6/h6-7H,3-5H2,1-2H3. The first-order valence-corrected chi connectivity index (χ1v) is 4.13. The van der Waals surface area contributed by atoms with Crippen molar-refractivity contribution in [3.63, 3.8) is 0 Å². The van der Waals surface area contributed by atoms with E-state index in [1.807, 2.05) is 18.9 Å². The molecule has 0 amide bonds. The maximum Gasteiger partial charge on any atom is 0.153 e. The smallest absolute Gasteiger partial charge is 0.153 e. The molecule has 0 aromatic rings. The van der Waals surface area contributed by atoms with Crippen LogP contribution in [0.25, 0.3) is 0 Å². The second-order valence-electron chi connectivity index (χ2n) is 3.87. The summed E-state index contributed by atoms with van der Waals surface area (Å²) in [6.07, 6.45) is 0.517.